The molecule has 0 spiro atoms. The highest BCUT2D eigenvalue weighted by molar-refractivity contribution is 6.24. The molecule has 0 saturated heterocycles. The van der Waals surface area contributed by atoms with Crippen molar-refractivity contribution in [1.29, 1.82) is 0 Å². The number of benzene rings is 9. The summed E-state index contributed by atoms with van der Waals surface area (Å²) >= 11 is 0. The Balaban J connectivity index is 1.31. The summed E-state index contributed by atoms with van der Waals surface area (Å²) in [6.07, 6.45) is 0. The van der Waals surface area contributed by atoms with Crippen molar-refractivity contribution in [3.8, 4) is 44.9 Å². The summed E-state index contributed by atoms with van der Waals surface area (Å²) in [4.78, 5) is 2.42. The summed E-state index contributed by atoms with van der Waals surface area (Å²) in [5.74, 6) is 1.69. The van der Waals surface area contributed by atoms with E-state index in [0.717, 1.165) is 28.6 Å². The van der Waals surface area contributed by atoms with Crippen molar-refractivity contribution >= 4 is 49.4 Å². The lowest BCUT2D eigenvalue weighted by Gasteiger charge is -2.35. The Labute approximate surface area is 309 Å². The zero-order valence-corrected chi connectivity index (χ0v) is 29.6. The predicted octanol–water partition coefficient (Wildman–Crippen LogP) is 14.4. The maximum atomic E-state index is 6.53. The lowest BCUT2D eigenvalue weighted by Crippen LogP contribution is -2.16. The van der Waals surface area contributed by atoms with E-state index in [2.05, 4.69) is 195 Å². The Morgan fingerprint density at radius 3 is 1.79 bits per heavy atom. The first kappa shape index (κ1) is 30.0. The molecule has 11 rings (SSSR count). The molecular formula is C51H35NO. The Morgan fingerprint density at radius 1 is 0.415 bits per heavy atom. The quantitative estimate of drug-likeness (QED) is 0.173. The standard InChI is InChI=1S/C51H35NO/c1-51(2)42-23-8-7-20-39(42)49-40(22-14-24-43(49)51)48-36-18-5-6-19-37(36)50(52-44-25-9-11-27-46(44)53-47-28-12-10-26-45(47)52)38-30-29-33(31-41(38)48)35-21-13-16-32-15-3-4-17-34(32)35/h3-31H,1-2H3. The first-order chi connectivity index (χ1) is 26.1. The van der Waals surface area contributed by atoms with Gasteiger partial charge in [0.25, 0.3) is 0 Å². The number of ether oxygens (including phenoxy) is 1. The van der Waals surface area contributed by atoms with Crippen LogP contribution in [0.5, 0.6) is 11.5 Å². The third-order valence-electron chi connectivity index (χ3n) is 11.6. The molecule has 0 unspecified atom stereocenters. The van der Waals surface area contributed by atoms with Crippen LogP contribution >= 0.6 is 0 Å². The first-order valence-corrected chi connectivity index (χ1v) is 18.4. The van der Waals surface area contributed by atoms with Crippen LogP contribution in [0, 0.1) is 0 Å². The van der Waals surface area contributed by atoms with E-state index in [1.807, 2.05) is 0 Å². The molecule has 9 aromatic rings. The van der Waals surface area contributed by atoms with Crippen molar-refractivity contribution in [2.45, 2.75) is 19.3 Å². The van der Waals surface area contributed by atoms with Gasteiger partial charge >= 0.3 is 0 Å². The van der Waals surface area contributed by atoms with Crippen LogP contribution in [0.25, 0.3) is 65.7 Å². The van der Waals surface area contributed by atoms with Gasteiger partial charge in [-0.3, -0.25) is 0 Å². The van der Waals surface area contributed by atoms with Crippen LogP contribution in [0.15, 0.2) is 176 Å². The van der Waals surface area contributed by atoms with E-state index >= 15 is 0 Å². The second-order valence-corrected chi connectivity index (χ2v) is 14.8. The molecule has 0 bridgehead atoms. The van der Waals surface area contributed by atoms with Gasteiger partial charge < -0.3 is 9.64 Å². The van der Waals surface area contributed by atoms with Crippen LogP contribution in [0.4, 0.5) is 17.1 Å². The van der Waals surface area contributed by atoms with Crippen LogP contribution in [0.2, 0.25) is 0 Å². The number of anilines is 3. The van der Waals surface area contributed by atoms with Gasteiger partial charge in [0.15, 0.2) is 11.5 Å². The van der Waals surface area contributed by atoms with Crippen molar-refractivity contribution in [3.63, 3.8) is 0 Å². The van der Waals surface area contributed by atoms with Crippen LogP contribution in [0.3, 0.4) is 0 Å². The normalized spacial score (nSPS) is 13.7. The molecule has 0 amide bonds. The molecule has 0 saturated carbocycles. The minimum Gasteiger partial charge on any atom is -0.453 e. The SMILES string of the molecule is CC1(C)c2ccccc2-c2c(-c3c4ccccc4c(N4c5ccccc5Oc5ccccc54)c4ccc(-c5cccc6ccccc56)cc34)cccc21. The first-order valence-electron chi connectivity index (χ1n) is 18.4. The molecule has 0 aromatic heterocycles. The Morgan fingerprint density at radius 2 is 0.981 bits per heavy atom. The highest BCUT2D eigenvalue weighted by Gasteiger charge is 2.37. The average Bonchev–Trinajstić information content (AvgIpc) is 3.45. The maximum Gasteiger partial charge on any atom is 0.151 e. The smallest absolute Gasteiger partial charge is 0.151 e. The summed E-state index contributed by atoms with van der Waals surface area (Å²) in [6.45, 7) is 4.74. The van der Waals surface area contributed by atoms with E-state index in [9.17, 15) is 0 Å². The van der Waals surface area contributed by atoms with Gasteiger partial charge in [0, 0.05) is 16.2 Å². The molecule has 53 heavy (non-hydrogen) atoms. The number of para-hydroxylation sites is 4. The van der Waals surface area contributed by atoms with Gasteiger partial charge in [0.2, 0.25) is 0 Å². The lowest BCUT2D eigenvalue weighted by molar-refractivity contribution is 0.477. The van der Waals surface area contributed by atoms with E-state index in [1.54, 1.807) is 0 Å². The van der Waals surface area contributed by atoms with Gasteiger partial charge in [-0.05, 0) is 96.4 Å². The number of rotatable bonds is 3. The highest BCUT2D eigenvalue weighted by atomic mass is 16.5. The molecule has 1 aliphatic carbocycles. The monoisotopic (exact) mass is 677 g/mol. The molecule has 0 radical (unpaired) electrons. The molecule has 2 heteroatoms. The molecule has 9 aromatic carbocycles. The molecule has 0 N–H and O–H groups in total. The molecular weight excluding hydrogens is 643 g/mol. The molecule has 0 fully saturated rings. The van der Waals surface area contributed by atoms with Crippen LogP contribution in [0.1, 0.15) is 25.0 Å². The van der Waals surface area contributed by atoms with E-state index in [-0.39, 0.29) is 5.41 Å². The largest absolute Gasteiger partial charge is 0.453 e. The average molecular weight is 678 g/mol. The minimum atomic E-state index is -0.108. The zero-order valence-electron chi connectivity index (χ0n) is 29.6. The van der Waals surface area contributed by atoms with Crippen LogP contribution in [-0.2, 0) is 5.41 Å². The fourth-order valence-corrected chi connectivity index (χ4v) is 9.24. The summed E-state index contributed by atoms with van der Waals surface area (Å²) in [5.41, 5.74) is 13.5. The minimum absolute atomic E-state index is 0.108. The fourth-order valence-electron chi connectivity index (χ4n) is 9.24. The van der Waals surface area contributed by atoms with Crippen molar-refractivity contribution in [2.24, 2.45) is 0 Å². The molecule has 250 valence electrons. The number of hydrogen-bond donors (Lipinski definition) is 0. The Bertz CT molecular complexity index is 2920. The van der Waals surface area contributed by atoms with Gasteiger partial charge in [0.1, 0.15) is 0 Å². The molecule has 1 aliphatic heterocycles. The van der Waals surface area contributed by atoms with Crippen molar-refractivity contribution < 1.29 is 4.74 Å². The second-order valence-electron chi connectivity index (χ2n) is 14.8. The molecule has 2 aliphatic rings. The van der Waals surface area contributed by atoms with Crippen molar-refractivity contribution in [1.82, 2.24) is 0 Å². The van der Waals surface area contributed by atoms with Gasteiger partial charge in [0.05, 0.1) is 17.1 Å². The predicted molar refractivity (Wildman–Crippen MR) is 222 cm³/mol. The van der Waals surface area contributed by atoms with Crippen LogP contribution < -0.4 is 9.64 Å². The maximum absolute atomic E-state index is 6.53. The summed E-state index contributed by atoms with van der Waals surface area (Å²) in [7, 11) is 0. The van der Waals surface area contributed by atoms with Crippen molar-refractivity contribution in [2.75, 3.05) is 4.90 Å². The van der Waals surface area contributed by atoms with E-state index in [4.69, 9.17) is 4.74 Å². The molecule has 0 atom stereocenters. The van der Waals surface area contributed by atoms with E-state index in [1.165, 1.54) is 76.8 Å². The number of nitrogens with zero attached hydrogens (tertiary/aromatic N) is 1. The zero-order chi connectivity index (χ0) is 35.3. The highest BCUT2D eigenvalue weighted by Crippen LogP contribution is 2.58. The third-order valence-corrected chi connectivity index (χ3v) is 11.6. The van der Waals surface area contributed by atoms with E-state index < -0.39 is 0 Å². The topological polar surface area (TPSA) is 12.5 Å². The fraction of sp³-hybridized carbons (Fsp3) is 0.0588. The van der Waals surface area contributed by atoms with Gasteiger partial charge in [-0.25, -0.2) is 0 Å². The number of fused-ring (bicyclic) bond motifs is 8. The summed E-state index contributed by atoms with van der Waals surface area (Å²) in [6, 6.07) is 64.2. The molecule has 1 heterocycles. The second kappa shape index (κ2) is 11.2. The Kier molecular flexibility index (Phi) is 6.33. The Hall–Kier alpha value is -6.64. The van der Waals surface area contributed by atoms with Gasteiger partial charge in [-0.15, -0.1) is 0 Å². The third kappa shape index (κ3) is 4.27. The van der Waals surface area contributed by atoms with Gasteiger partial charge in [-0.1, -0.05) is 159 Å². The lowest BCUT2D eigenvalue weighted by atomic mass is 9.81. The summed E-state index contributed by atoms with van der Waals surface area (Å²) < 4.78 is 6.53. The summed E-state index contributed by atoms with van der Waals surface area (Å²) in [5, 5.41) is 7.33. The molecule has 2 nitrogen and oxygen atoms in total. The van der Waals surface area contributed by atoms with Crippen molar-refractivity contribution in [3.05, 3.63) is 187 Å². The number of hydrogen-bond acceptors (Lipinski definition) is 2. The van der Waals surface area contributed by atoms with E-state index in [0.29, 0.717) is 0 Å². The van der Waals surface area contributed by atoms with Crippen LogP contribution in [-0.4, -0.2) is 0 Å². The van der Waals surface area contributed by atoms with Gasteiger partial charge in [-0.2, -0.15) is 0 Å².